The number of halogens is 1. The molecule has 1 aliphatic rings. The van der Waals surface area contributed by atoms with Crippen molar-refractivity contribution in [2.24, 2.45) is 5.14 Å². The van der Waals surface area contributed by atoms with E-state index < -0.39 is 16.1 Å². The molecule has 2 aromatic carbocycles. The number of primary sulfonamides is 1. The normalized spacial score (nSPS) is 17.4. The summed E-state index contributed by atoms with van der Waals surface area (Å²) in [5, 5.41) is 8.66. The number of hydrogen-bond acceptors (Lipinski definition) is 5. The van der Waals surface area contributed by atoms with Crippen LogP contribution in [0.5, 0.6) is 0 Å². The number of rotatable bonds is 6. The molecule has 148 valence electrons. The van der Waals surface area contributed by atoms with Gasteiger partial charge in [-0.25, -0.2) is 18.5 Å². The molecule has 0 aliphatic carbocycles. The summed E-state index contributed by atoms with van der Waals surface area (Å²) in [5.74, 6) is -0.589. The number of anilines is 1. The number of carbonyl (C=O) groups excluding carboxylic acids is 2. The molecular formula is C19H20ClN3O4S. The second-order valence-electron chi connectivity index (χ2n) is 6.65. The van der Waals surface area contributed by atoms with Crippen molar-refractivity contribution < 1.29 is 18.0 Å². The van der Waals surface area contributed by atoms with Gasteiger partial charge < -0.3 is 5.32 Å². The van der Waals surface area contributed by atoms with Crippen molar-refractivity contribution in [3.05, 3.63) is 58.6 Å². The van der Waals surface area contributed by atoms with Gasteiger partial charge in [0.15, 0.2) is 0 Å². The Balaban J connectivity index is 1.60. The van der Waals surface area contributed by atoms with E-state index in [1.54, 1.807) is 30.3 Å². The Morgan fingerprint density at radius 2 is 1.86 bits per heavy atom. The van der Waals surface area contributed by atoms with Gasteiger partial charge in [-0.15, -0.1) is 0 Å². The first-order chi connectivity index (χ1) is 13.2. The Morgan fingerprint density at radius 3 is 2.46 bits per heavy atom. The summed E-state index contributed by atoms with van der Waals surface area (Å²) in [7, 11) is -3.72. The van der Waals surface area contributed by atoms with Crippen molar-refractivity contribution in [1.82, 2.24) is 5.32 Å². The van der Waals surface area contributed by atoms with Crippen molar-refractivity contribution in [3.63, 3.8) is 0 Å². The molecule has 0 saturated carbocycles. The Morgan fingerprint density at radius 1 is 1.18 bits per heavy atom. The van der Waals surface area contributed by atoms with E-state index in [1.807, 2.05) is 6.92 Å². The first-order valence-corrected chi connectivity index (χ1v) is 10.6. The third-order valence-electron chi connectivity index (χ3n) is 4.62. The third-order valence-corrected chi connectivity index (χ3v) is 5.95. The van der Waals surface area contributed by atoms with E-state index in [2.05, 4.69) is 5.32 Å². The smallest absolute Gasteiger partial charge is 0.251 e. The molecule has 2 amide bonds. The number of benzene rings is 2. The van der Waals surface area contributed by atoms with Crippen LogP contribution in [0.25, 0.3) is 0 Å². The minimum atomic E-state index is -3.72. The summed E-state index contributed by atoms with van der Waals surface area (Å²) in [6, 6.07) is 10.7. The van der Waals surface area contributed by atoms with E-state index in [4.69, 9.17) is 16.7 Å². The number of nitrogens with one attached hydrogen (secondary N) is 1. The van der Waals surface area contributed by atoms with Crippen LogP contribution in [0.2, 0.25) is 5.02 Å². The molecule has 0 radical (unpaired) electrons. The summed E-state index contributed by atoms with van der Waals surface area (Å²) in [6.07, 6.45) is 0.647. The van der Waals surface area contributed by atoms with E-state index in [0.29, 0.717) is 23.7 Å². The molecule has 3 rings (SSSR count). The van der Waals surface area contributed by atoms with Crippen LogP contribution >= 0.6 is 11.6 Å². The van der Waals surface area contributed by atoms with Gasteiger partial charge in [-0.05, 0) is 55.3 Å². The molecule has 0 bridgehead atoms. The Labute approximate surface area is 168 Å². The van der Waals surface area contributed by atoms with Crippen LogP contribution in [0, 0.1) is 6.92 Å². The molecule has 3 N–H and O–H groups in total. The lowest BCUT2D eigenvalue weighted by Gasteiger charge is -2.16. The van der Waals surface area contributed by atoms with Crippen LogP contribution in [0.4, 0.5) is 5.69 Å². The maximum atomic E-state index is 12.6. The van der Waals surface area contributed by atoms with Gasteiger partial charge in [0.1, 0.15) is 0 Å². The standard InChI is InChI=1S/C19H20ClN3O4S/c1-12-2-5-14(10-16(12)20)23-18(24)11-17(19(23)25)22-9-8-13-3-6-15(7-4-13)28(21,26)27/h2-7,10,17,22H,8-9,11H2,1H3,(H2,21,26,27). The first kappa shape index (κ1) is 20.5. The highest BCUT2D eigenvalue weighted by molar-refractivity contribution is 7.89. The van der Waals surface area contributed by atoms with Gasteiger partial charge in [0, 0.05) is 5.02 Å². The van der Waals surface area contributed by atoms with Crippen molar-refractivity contribution in [3.8, 4) is 0 Å². The minimum Gasteiger partial charge on any atom is -0.305 e. The van der Waals surface area contributed by atoms with Gasteiger partial charge in [0.05, 0.1) is 23.0 Å². The fourth-order valence-corrected chi connectivity index (χ4v) is 3.71. The molecule has 0 spiro atoms. The number of nitrogens with two attached hydrogens (primary N) is 1. The Hall–Kier alpha value is -2.26. The molecule has 1 unspecified atom stereocenters. The van der Waals surface area contributed by atoms with Gasteiger partial charge >= 0.3 is 0 Å². The minimum absolute atomic E-state index is 0.0492. The summed E-state index contributed by atoms with van der Waals surface area (Å²) in [5.41, 5.74) is 2.22. The van der Waals surface area contributed by atoms with Crippen LogP contribution in [0.1, 0.15) is 17.5 Å². The lowest BCUT2D eigenvalue weighted by Crippen LogP contribution is -2.39. The predicted molar refractivity (Wildman–Crippen MR) is 107 cm³/mol. The van der Waals surface area contributed by atoms with Crippen molar-refractivity contribution in [2.75, 3.05) is 11.4 Å². The van der Waals surface area contributed by atoms with E-state index in [0.717, 1.165) is 16.0 Å². The molecule has 1 atom stereocenters. The number of hydrogen-bond donors (Lipinski definition) is 2. The van der Waals surface area contributed by atoms with Gasteiger partial charge in [0.25, 0.3) is 5.91 Å². The number of sulfonamides is 1. The van der Waals surface area contributed by atoms with E-state index in [-0.39, 0.29) is 23.1 Å². The first-order valence-electron chi connectivity index (χ1n) is 8.65. The summed E-state index contributed by atoms with van der Waals surface area (Å²) >= 11 is 6.10. The monoisotopic (exact) mass is 421 g/mol. The highest BCUT2D eigenvalue weighted by Gasteiger charge is 2.39. The molecule has 2 aromatic rings. The number of carbonyl (C=O) groups is 2. The molecule has 9 heteroatoms. The van der Waals surface area contributed by atoms with Crippen molar-refractivity contribution >= 4 is 39.1 Å². The summed E-state index contributed by atoms with van der Waals surface area (Å²) in [4.78, 5) is 26.1. The Bertz CT molecular complexity index is 1020. The zero-order valence-electron chi connectivity index (χ0n) is 15.2. The topological polar surface area (TPSA) is 110 Å². The molecule has 0 aromatic heterocycles. The molecule has 1 fully saturated rings. The van der Waals surface area contributed by atoms with Crippen molar-refractivity contribution in [1.29, 1.82) is 0 Å². The van der Waals surface area contributed by atoms with Gasteiger partial charge in [-0.2, -0.15) is 0 Å². The fourth-order valence-electron chi connectivity index (χ4n) is 3.02. The lowest BCUT2D eigenvalue weighted by molar-refractivity contribution is -0.121. The highest BCUT2D eigenvalue weighted by atomic mass is 35.5. The van der Waals surface area contributed by atoms with Crippen LogP contribution in [-0.2, 0) is 26.0 Å². The van der Waals surface area contributed by atoms with E-state index in [9.17, 15) is 18.0 Å². The maximum absolute atomic E-state index is 12.6. The van der Waals surface area contributed by atoms with E-state index >= 15 is 0 Å². The van der Waals surface area contributed by atoms with Gasteiger partial charge in [-0.3, -0.25) is 9.59 Å². The Kier molecular flexibility index (Phi) is 5.85. The quantitative estimate of drug-likeness (QED) is 0.690. The average molecular weight is 422 g/mol. The molecular weight excluding hydrogens is 402 g/mol. The predicted octanol–water partition coefficient (Wildman–Crippen LogP) is 1.76. The van der Waals surface area contributed by atoms with Gasteiger partial charge in [-0.1, -0.05) is 29.8 Å². The van der Waals surface area contributed by atoms with Crippen LogP contribution < -0.4 is 15.4 Å². The molecule has 28 heavy (non-hydrogen) atoms. The average Bonchev–Trinajstić information content (AvgIpc) is 2.91. The fraction of sp³-hybridized carbons (Fsp3) is 0.263. The molecule has 7 nitrogen and oxygen atoms in total. The number of aryl methyl sites for hydroxylation is 1. The number of nitrogens with zero attached hydrogens (tertiary/aromatic N) is 1. The lowest BCUT2D eigenvalue weighted by atomic mass is 10.1. The zero-order chi connectivity index (χ0) is 20.5. The largest absolute Gasteiger partial charge is 0.305 e. The maximum Gasteiger partial charge on any atom is 0.251 e. The van der Waals surface area contributed by atoms with Crippen molar-refractivity contribution in [2.45, 2.75) is 30.7 Å². The van der Waals surface area contributed by atoms with Crippen LogP contribution in [0.15, 0.2) is 47.4 Å². The summed E-state index contributed by atoms with van der Waals surface area (Å²) in [6.45, 7) is 2.31. The van der Waals surface area contributed by atoms with E-state index in [1.165, 1.54) is 12.1 Å². The number of imide groups is 1. The third kappa shape index (κ3) is 4.41. The molecule has 1 saturated heterocycles. The summed E-state index contributed by atoms with van der Waals surface area (Å²) < 4.78 is 22.5. The second kappa shape index (κ2) is 8.00. The second-order valence-corrected chi connectivity index (χ2v) is 8.62. The number of amides is 2. The molecule has 1 heterocycles. The zero-order valence-corrected chi connectivity index (χ0v) is 16.8. The molecule has 1 aliphatic heterocycles. The van der Waals surface area contributed by atoms with Crippen LogP contribution in [0.3, 0.4) is 0 Å². The van der Waals surface area contributed by atoms with Gasteiger partial charge in [0.2, 0.25) is 15.9 Å². The highest BCUT2D eigenvalue weighted by Crippen LogP contribution is 2.27. The SMILES string of the molecule is Cc1ccc(N2C(=O)CC(NCCc3ccc(S(N)(=O)=O)cc3)C2=O)cc1Cl. The van der Waals surface area contributed by atoms with Crippen LogP contribution in [-0.4, -0.2) is 32.8 Å².